The molecule has 0 aromatic heterocycles. The van der Waals surface area contributed by atoms with Gasteiger partial charge >= 0.3 is 12.0 Å². The molecule has 2 aromatic rings. The molecule has 0 unspecified atom stereocenters. The van der Waals surface area contributed by atoms with E-state index in [2.05, 4.69) is 10.6 Å². The van der Waals surface area contributed by atoms with Gasteiger partial charge in [0, 0.05) is 22.2 Å². The number of benzene rings is 2. The van der Waals surface area contributed by atoms with Crippen molar-refractivity contribution in [2.24, 2.45) is 0 Å². The van der Waals surface area contributed by atoms with Crippen LogP contribution in [0.5, 0.6) is 0 Å². The number of carboxylic acid groups (broad SMARTS) is 1. The lowest BCUT2D eigenvalue weighted by Gasteiger charge is -2.15. The van der Waals surface area contributed by atoms with E-state index in [0.717, 1.165) is 5.56 Å². The number of anilines is 1. The Bertz CT molecular complexity index is 705. The Labute approximate surface area is 143 Å². The van der Waals surface area contributed by atoms with Gasteiger partial charge < -0.3 is 15.7 Å². The van der Waals surface area contributed by atoms with E-state index in [9.17, 15) is 14.7 Å². The normalized spacial score (nSPS) is 11.6. The van der Waals surface area contributed by atoms with Crippen molar-refractivity contribution < 1.29 is 14.7 Å². The van der Waals surface area contributed by atoms with E-state index in [1.165, 1.54) is 0 Å². The van der Waals surface area contributed by atoms with E-state index in [1.807, 2.05) is 0 Å². The number of hydrogen-bond donors (Lipinski definition) is 3. The number of amides is 2. The molecule has 120 valence electrons. The van der Waals surface area contributed by atoms with Crippen LogP contribution >= 0.6 is 23.2 Å². The second-order valence-corrected chi connectivity index (χ2v) is 5.70. The van der Waals surface area contributed by atoms with Crippen molar-refractivity contribution in [1.82, 2.24) is 5.32 Å². The number of nitrogens with one attached hydrogen (secondary N) is 2. The van der Waals surface area contributed by atoms with Crippen molar-refractivity contribution in [3.8, 4) is 0 Å². The third-order valence-corrected chi connectivity index (χ3v) is 3.53. The number of carbonyl (C=O) groups excluding carboxylic acids is 1. The summed E-state index contributed by atoms with van der Waals surface area (Å²) in [7, 11) is 0. The standard InChI is InChI=1S/C16H14Cl2N2O3/c17-11-6-4-10(5-7-11)8-14(15(21)22)20-16(23)19-13-3-1-2-12(18)9-13/h1-7,9,14H,8H2,(H,21,22)(H2,19,20,23)/t14-/m1/s1. The largest absolute Gasteiger partial charge is 0.480 e. The van der Waals surface area contributed by atoms with Crippen molar-refractivity contribution in [1.29, 1.82) is 0 Å². The summed E-state index contributed by atoms with van der Waals surface area (Å²) in [5.41, 5.74) is 1.23. The molecule has 0 fully saturated rings. The monoisotopic (exact) mass is 352 g/mol. The average molecular weight is 353 g/mol. The first-order valence-electron chi connectivity index (χ1n) is 6.74. The van der Waals surface area contributed by atoms with Crippen LogP contribution < -0.4 is 10.6 Å². The van der Waals surface area contributed by atoms with Crippen LogP contribution in [0.4, 0.5) is 10.5 Å². The Morgan fingerprint density at radius 2 is 1.74 bits per heavy atom. The van der Waals surface area contributed by atoms with E-state index >= 15 is 0 Å². The quantitative estimate of drug-likeness (QED) is 0.765. The molecule has 0 aliphatic carbocycles. The SMILES string of the molecule is O=C(Nc1cccc(Cl)c1)N[C@H](Cc1ccc(Cl)cc1)C(=O)O. The number of carboxylic acids is 1. The van der Waals surface area contributed by atoms with Crippen LogP contribution in [0.1, 0.15) is 5.56 Å². The Kier molecular flexibility index (Phi) is 5.84. The highest BCUT2D eigenvalue weighted by atomic mass is 35.5. The Morgan fingerprint density at radius 3 is 2.35 bits per heavy atom. The maximum absolute atomic E-state index is 11.9. The van der Waals surface area contributed by atoms with Crippen LogP contribution in [0, 0.1) is 0 Å². The molecular weight excluding hydrogens is 339 g/mol. The molecule has 0 aliphatic rings. The third kappa shape index (κ3) is 5.47. The Hall–Kier alpha value is -2.24. The summed E-state index contributed by atoms with van der Waals surface area (Å²) >= 11 is 11.6. The number of rotatable bonds is 5. The lowest BCUT2D eigenvalue weighted by atomic mass is 10.1. The Balaban J connectivity index is 1.99. The lowest BCUT2D eigenvalue weighted by molar-refractivity contribution is -0.139. The molecule has 5 nitrogen and oxygen atoms in total. The number of hydrogen-bond acceptors (Lipinski definition) is 2. The Morgan fingerprint density at radius 1 is 1.04 bits per heavy atom. The maximum atomic E-state index is 11.9. The molecule has 0 bridgehead atoms. The zero-order valence-corrected chi connectivity index (χ0v) is 13.4. The van der Waals surface area contributed by atoms with Gasteiger partial charge in [-0.15, -0.1) is 0 Å². The third-order valence-electron chi connectivity index (χ3n) is 3.04. The van der Waals surface area contributed by atoms with Gasteiger partial charge in [-0.05, 0) is 35.9 Å². The smallest absolute Gasteiger partial charge is 0.326 e. The van der Waals surface area contributed by atoms with Gasteiger partial charge in [-0.3, -0.25) is 0 Å². The topological polar surface area (TPSA) is 78.4 Å². The van der Waals surface area contributed by atoms with Gasteiger partial charge in [0.25, 0.3) is 0 Å². The van der Waals surface area contributed by atoms with Crippen LogP contribution in [-0.4, -0.2) is 23.1 Å². The fraction of sp³-hybridized carbons (Fsp3) is 0.125. The highest BCUT2D eigenvalue weighted by molar-refractivity contribution is 6.31. The molecule has 7 heteroatoms. The van der Waals surface area contributed by atoms with Crippen LogP contribution in [0.3, 0.4) is 0 Å². The van der Waals surface area contributed by atoms with Crippen LogP contribution in [0.25, 0.3) is 0 Å². The van der Waals surface area contributed by atoms with E-state index < -0.39 is 18.0 Å². The summed E-state index contributed by atoms with van der Waals surface area (Å²) in [4.78, 5) is 23.3. The molecule has 2 amide bonds. The molecule has 0 saturated carbocycles. The van der Waals surface area contributed by atoms with Crippen molar-refractivity contribution in [3.63, 3.8) is 0 Å². The molecular formula is C16H14Cl2N2O3. The van der Waals surface area contributed by atoms with Crippen LogP contribution in [0.15, 0.2) is 48.5 Å². The van der Waals surface area contributed by atoms with Gasteiger partial charge in [0.2, 0.25) is 0 Å². The number of aliphatic carboxylic acids is 1. The van der Waals surface area contributed by atoms with Crippen molar-refractivity contribution in [2.45, 2.75) is 12.5 Å². The van der Waals surface area contributed by atoms with Crippen molar-refractivity contribution in [2.75, 3.05) is 5.32 Å². The second-order valence-electron chi connectivity index (χ2n) is 4.83. The minimum Gasteiger partial charge on any atom is -0.480 e. The van der Waals surface area contributed by atoms with E-state index in [0.29, 0.717) is 15.7 Å². The van der Waals surface area contributed by atoms with Crippen molar-refractivity contribution >= 4 is 40.9 Å². The summed E-state index contributed by atoms with van der Waals surface area (Å²) in [5, 5.41) is 15.3. The van der Waals surface area contributed by atoms with E-state index in [4.69, 9.17) is 23.2 Å². The molecule has 0 spiro atoms. The predicted octanol–water partition coefficient (Wildman–Crippen LogP) is 3.81. The van der Waals surface area contributed by atoms with Gasteiger partial charge in [0.15, 0.2) is 0 Å². The van der Waals surface area contributed by atoms with Gasteiger partial charge in [0.05, 0.1) is 0 Å². The zero-order valence-electron chi connectivity index (χ0n) is 11.9. The van der Waals surface area contributed by atoms with Gasteiger partial charge in [-0.1, -0.05) is 41.4 Å². The zero-order chi connectivity index (χ0) is 16.8. The average Bonchev–Trinajstić information content (AvgIpc) is 2.48. The maximum Gasteiger partial charge on any atom is 0.326 e. The second kappa shape index (κ2) is 7.85. The fourth-order valence-corrected chi connectivity index (χ4v) is 2.26. The minimum atomic E-state index is -1.12. The van der Waals surface area contributed by atoms with E-state index in [-0.39, 0.29) is 6.42 Å². The first-order valence-corrected chi connectivity index (χ1v) is 7.50. The van der Waals surface area contributed by atoms with Crippen LogP contribution in [-0.2, 0) is 11.2 Å². The summed E-state index contributed by atoms with van der Waals surface area (Å²) in [6.45, 7) is 0. The molecule has 0 saturated heterocycles. The number of carbonyl (C=O) groups is 2. The fourth-order valence-electron chi connectivity index (χ4n) is 1.95. The first kappa shape index (κ1) is 17.1. The van der Waals surface area contributed by atoms with Gasteiger partial charge in [-0.2, -0.15) is 0 Å². The molecule has 0 radical (unpaired) electrons. The highest BCUT2D eigenvalue weighted by Crippen LogP contribution is 2.15. The molecule has 0 aliphatic heterocycles. The molecule has 1 atom stereocenters. The molecule has 3 N–H and O–H groups in total. The van der Waals surface area contributed by atoms with E-state index in [1.54, 1.807) is 48.5 Å². The van der Waals surface area contributed by atoms with Gasteiger partial charge in [-0.25, -0.2) is 9.59 Å². The predicted molar refractivity (Wildman–Crippen MR) is 90.2 cm³/mol. The first-order chi connectivity index (χ1) is 10.9. The number of halogens is 2. The van der Waals surface area contributed by atoms with Crippen LogP contribution in [0.2, 0.25) is 10.0 Å². The summed E-state index contributed by atoms with van der Waals surface area (Å²) in [6.07, 6.45) is 0.148. The molecule has 2 rings (SSSR count). The highest BCUT2D eigenvalue weighted by Gasteiger charge is 2.20. The summed E-state index contributed by atoms with van der Waals surface area (Å²) in [6, 6.07) is 11.7. The summed E-state index contributed by atoms with van der Waals surface area (Å²) in [5.74, 6) is -1.12. The number of urea groups is 1. The van der Waals surface area contributed by atoms with Gasteiger partial charge in [0.1, 0.15) is 6.04 Å². The summed E-state index contributed by atoms with van der Waals surface area (Å²) < 4.78 is 0. The molecule has 2 aromatic carbocycles. The molecule has 0 heterocycles. The van der Waals surface area contributed by atoms with Crippen molar-refractivity contribution in [3.05, 3.63) is 64.1 Å². The lowest BCUT2D eigenvalue weighted by Crippen LogP contribution is -2.44. The molecule has 23 heavy (non-hydrogen) atoms. The minimum absolute atomic E-state index is 0.148.